The summed E-state index contributed by atoms with van der Waals surface area (Å²) in [5.74, 6) is 0.464. The van der Waals surface area contributed by atoms with Gasteiger partial charge < -0.3 is 44.3 Å². The molecule has 0 aliphatic heterocycles. The quantitative estimate of drug-likeness (QED) is 0.323. The average molecular weight is 511 g/mol. The van der Waals surface area contributed by atoms with Crippen LogP contribution in [-0.2, 0) is 39.8 Å². The molecule has 0 heterocycles. The van der Waals surface area contributed by atoms with E-state index in [9.17, 15) is 0 Å². The van der Waals surface area contributed by atoms with Crippen LogP contribution < -0.4 is 4.43 Å². The van der Waals surface area contributed by atoms with E-state index in [1.807, 2.05) is 12.1 Å². The van der Waals surface area contributed by atoms with Gasteiger partial charge >= 0.3 is 31.8 Å². The molecule has 0 aliphatic carbocycles. The van der Waals surface area contributed by atoms with Gasteiger partial charge in [-0.15, -0.1) is 0 Å². The van der Waals surface area contributed by atoms with Crippen molar-refractivity contribution in [3.63, 3.8) is 0 Å². The Bertz CT molecular complexity index is 603. The minimum atomic E-state index is -4.01. The fourth-order valence-electron chi connectivity index (χ4n) is 3.64. The summed E-state index contributed by atoms with van der Waals surface area (Å²) in [6.45, 7) is -0.231. The molecule has 178 valence electrons. The molecule has 0 spiro atoms. The Balaban J connectivity index is 4.14. The molecular weight excluding hydrogens is 477 g/mol. The van der Waals surface area contributed by atoms with Crippen molar-refractivity contribution in [3.05, 3.63) is 36.4 Å². The van der Waals surface area contributed by atoms with Gasteiger partial charge in [0, 0.05) is 64.0 Å². The molecule has 14 heteroatoms. The number of hydrogen-bond donors (Lipinski definition) is 0. The van der Waals surface area contributed by atoms with Crippen LogP contribution >= 0.6 is 0 Å². The van der Waals surface area contributed by atoms with Crippen LogP contribution in [0.1, 0.15) is 5.56 Å². The molecule has 31 heavy (non-hydrogen) atoms. The average Bonchev–Trinajstić information content (AvgIpc) is 2.83. The predicted molar refractivity (Wildman–Crippen MR) is 123 cm³/mol. The molecule has 0 unspecified atom stereocenters. The zero-order valence-electron chi connectivity index (χ0n) is 19.7. The van der Waals surface area contributed by atoms with Crippen molar-refractivity contribution in [1.82, 2.24) is 0 Å². The van der Waals surface area contributed by atoms with E-state index >= 15 is 0 Å². The minimum absolute atomic E-state index is 0.464. The van der Waals surface area contributed by atoms with Crippen LogP contribution in [0.3, 0.4) is 0 Å². The topological polar surface area (TPSA) is 92.3 Å². The van der Waals surface area contributed by atoms with Crippen molar-refractivity contribution in [1.29, 1.82) is 0 Å². The first-order valence-corrected chi connectivity index (χ1v) is 19.3. The van der Waals surface area contributed by atoms with Crippen LogP contribution in [-0.4, -0.2) is 95.8 Å². The number of benzene rings is 1. The molecule has 1 rings (SSSR count). The van der Waals surface area contributed by atoms with Crippen LogP contribution in [0.5, 0.6) is 5.75 Å². The second-order valence-corrected chi connectivity index (χ2v) is 31.0. The molecule has 0 fully saturated rings. The van der Waals surface area contributed by atoms with Gasteiger partial charge in [0.25, 0.3) is 0 Å². The molecule has 0 bridgehead atoms. The number of rotatable bonds is 15. The monoisotopic (exact) mass is 510 g/mol. The van der Waals surface area contributed by atoms with Crippen LogP contribution in [0, 0.1) is 0 Å². The summed E-state index contributed by atoms with van der Waals surface area (Å²) in [7, 11) is 1.69. The number of hydrogen-bond acceptors (Lipinski definition) is 10. The van der Waals surface area contributed by atoms with Gasteiger partial charge in [-0.05, 0) is 17.7 Å². The van der Waals surface area contributed by atoms with Gasteiger partial charge in [-0.2, -0.15) is 0 Å². The molecule has 1 aromatic carbocycles. The standard InChI is InChI=1S/C17H34O10Si4/c1-11-16-12-14-17(15-13-16)27-31(28(18-2,19-3)20-4,29(21-5,22-6)23-7)30(24-8,25-9)26-10/h11-15H,1H2,2-10H3. The van der Waals surface area contributed by atoms with Gasteiger partial charge in [0.15, 0.2) is 0 Å². The second-order valence-electron chi connectivity index (χ2n) is 6.06. The van der Waals surface area contributed by atoms with E-state index in [0.717, 1.165) is 5.56 Å². The lowest BCUT2D eigenvalue weighted by molar-refractivity contribution is 0.105. The Labute approximate surface area is 188 Å². The first-order valence-electron chi connectivity index (χ1n) is 9.19. The first-order chi connectivity index (χ1) is 14.8. The normalized spacial score (nSPS) is 13.3. The van der Waals surface area contributed by atoms with Crippen molar-refractivity contribution in [3.8, 4) is 5.75 Å². The van der Waals surface area contributed by atoms with Gasteiger partial charge in [0.05, 0.1) is 0 Å². The Morgan fingerprint density at radius 1 is 0.548 bits per heavy atom. The molecule has 0 amide bonds. The van der Waals surface area contributed by atoms with Crippen LogP contribution in [0.25, 0.3) is 6.08 Å². The fourth-order valence-corrected chi connectivity index (χ4v) is 49.7. The van der Waals surface area contributed by atoms with E-state index in [1.54, 1.807) is 18.2 Å². The Hall–Kier alpha value is -0.732. The summed E-state index contributed by atoms with van der Waals surface area (Å²) >= 11 is 0. The summed E-state index contributed by atoms with van der Waals surface area (Å²) in [6.07, 6.45) is 1.73. The summed E-state index contributed by atoms with van der Waals surface area (Å²) in [5, 5.41) is 0. The molecule has 10 nitrogen and oxygen atoms in total. The maximum Gasteiger partial charge on any atom is 0.529 e. The van der Waals surface area contributed by atoms with Gasteiger partial charge in [0.2, 0.25) is 0 Å². The highest BCUT2D eigenvalue weighted by Gasteiger charge is 2.96. The lowest BCUT2D eigenvalue weighted by atomic mass is 10.2. The van der Waals surface area contributed by atoms with Crippen LogP contribution in [0.15, 0.2) is 30.8 Å². The largest absolute Gasteiger partial charge is 0.531 e. The van der Waals surface area contributed by atoms with E-state index in [4.69, 9.17) is 44.3 Å². The van der Waals surface area contributed by atoms with Crippen molar-refractivity contribution in [2.45, 2.75) is 0 Å². The molecule has 0 atom stereocenters. The third kappa shape index (κ3) is 4.41. The third-order valence-corrected chi connectivity index (χ3v) is 43.8. The smallest absolute Gasteiger partial charge is 0.529 e. The van der Waals surface area contributed by atoms with Gasteiger partial charge in [0.1, 0.15) is 5.75 Å². The molecule has 0 aliphatic rings. The zero-order chi connectivity index (χ0) is 23.8. The van der Waals surface area contributed by atoms with Gasteiger partial charge in [-0.1, -0.05) is 24.8 Å². The van der Waals surface area contributed by atoms with Crippen molar-refractivity contribution >= 4 is 37.9 Å². The Morgan fingerprint density at radius 3 is 1.06 bits per heavy atom. The molecule has 0 saturated carbocycles. The maximum atomic E-state index is 6.78. The molecule has 0 saturated heterocycles. The summed E-state index contributed by atoms with van der Waals surface area (Å²) in [5.41, 5.74) is 0.913. The summed E-state index contributed by atoms with van der Waals surface area (Å²) < 4.78 is 60.3. The lowest BCUT2D eigenvalue weighted by Gasteiger charge is -2.50. The van der Waals surface area contributed by atoms with Gasteiger partial charge in [-0.3, -0.25) is 0 Å². The fraction of sp³-hybridized carbons (Fsp3) is 0.529. The summed E-state index contributed by atoms with van der Waals surface area (Å²) in [6, 6.07) is 7.25. The van der Waals surface area contributed by atoms with E-state index < -0.39 is 31.8 Å². The highest BCUT2D eigenvalue weighted by Crippen LogP contribution is 2.41. The Morgan fingerprint density at radius 2 is 0.839 bits per heavy atom. The molecule has 1 aromatic rings. The first kappa shape index (κ1) is 28.3. The molecule has 0 radical (unpaired) electrons. The summed E-state index contributed by atoms with van der Waals surface area (Å²) in [4.78, 5) is 0. The van der Waals surface area contributed by atoms with Crippen molar-refractivity contribution in [2.24, 2.45) is 0 Å². The van der Waals surface area contributed by atoms with E-state index in [-0.39, 0.29) is 0 Å². The van der Waals surface area contributed by atoms with E-state index in [2.05, 4.69) is 6.58 Å². The van der Waals surface area contributed by atoms with E-state index in [1.165, 1.54) is 64.0 Å². The van der Waals surface area contributed by atoms with Crippen molar-refractivity contribution < 1.29 is 44.3 Å². The van der Waals surface area contributed by atoms with Gasteiger partial charge in [-0.25, -0.2) is 0 Å². The molecule has 0 aromatic heterocycles. The highest BCUT2D eigenvalue weighted by atomic mass is 30.0. The molecule has 0 N–H and O–H groups in total. The highest BCUT2D eigenvalue weighted by molar-refractivity contribution is 7.81. The Kier molecular flexibility index (Phi) is 10.9. The maximum absolute atomic E-state index is 6.78. The lowest BCUT2D eigenvalue weighted by Crippen LogP contribution is -2.97. The molecular formula is C17H34O10Si4. The predicted octanol–water partition coefficient (Wildman–Crippen LogP) is 1.52. The van der Waals surface area contributed by atoms with Crippen LogP contribution in [0.2, 0.25) is 0 Å². The van der Waals surface area contributed by atoms with E-state index in [0.29, 0.717) is 5.75 Å². The zero-order valence-corrected chi connectivity index (χ0v) is 23.7. The minimum Gasteiger partial charge on any atom is -0.531 e. The third-order valence-electron chi connectivity index (χ3n) is 5.10. The van der Waals surface area contributed by atoms with Crippen molar-refractivity contribution in [2.75, 3.05) is 64.0 Å². The SMILES string of the molecule is C=Cc1ccc(O[Si]([Si](OC)(OC)OC)([Si](OC)(OC)OC)[Si](OC)(OC)OC)cc1. The second kappa shape index (κ2) is 11.9. The van der Waals surface area contributed by atoms with Crippen LogP contribution in [0.4, 0.5) is 0 Å².